The van der Waals surface area contributed by atoms with Crippen molar-refractivity contribution in [3.05, 3.63) is 88.5 Å². The van der Waals surface area contributed by atoms with Crippen molar-refractivity contribution in [3.63, 3.8) is 0 Å². The van der Waals surface area contributed by atoms with Crippen LogP contribution in [0.15, 0.2) is 58.4 Å². The standard InChI is InChI=1S/C20H14F2N4O2S/c1-11-23-18(26-28-11)17(12-6-2-4-8-14(12)21)25-19(27)16-10-29-20(24-16)13-7-3-5-9-15(13)22/h2-10,17H,1H3,(H,25,27)/t17-/m1/s1. The number of halogens is 2. The molecule has 0 radical (unpaired) electrons. The van der Waals surface area contributed by atoms with Crippen LogP contribution in [-0.4, -0.2) is 21.0 Å². The Morgan fingerprint density at radius 3 is 2.48 bits per heavy atom. The maximum Gasteiger partial charge on any atom is 0.271 e. The molecule has 0 aliphatic carbocycles. The van der Waals surface area contributed by atoms with Gasteiger partial charge in [-0.25, -0.2) is 13.8 Å². The number of nitrogens with one attached hydrogen (secondary N) is 1. The molecule has 0 aliphatic rings. The minimum atomic E-state index is -0.972. The van der Waals surface area contributed by atoms with Crippen molar-refractivity contribution < 1.29 is 18.1 Å². The van der Waals surface area contributed by atoms with E-state index in [0.717, 1.165) is 11.3 Å². The van der Waals surface area contributed by atoms with Crippen LogP contribution < -0.4 is 5.32 Å². The number of aromatic nitrogens is 3. The SMILES string of the molecule is Cc1nc([C@H](NC(=O)c2csc(-c3ccccc3F)n2)c2ccccc2F)no1. The molecule has 2 heterocycles. The number of thiazole rings is 1. The first-order chi connectivity index (χ1) is 14.0. The van der Waals surface area contributed by atoms with Crippen LogP contribution in [0.25, 0.3) is 10.6 Å². The molecule has 1 N–H and O–H groups in total. The molecule has 0 spiro atoms. The highest BCUT2D eigenvalue weighted by atomic mass is 32.1. The van der Waals surface area contributed by atoms with Gasteiger partial charge in [-0.15, -0.1) is 11.3 Å². The summed E-state index contributed by atoms with van der Waals surface area (Å²) in [5.74, 6) is -1.12. The molecule has 0 fully saturated rings. The van der Waals surface area contributed by atoms with E-state index in [9.17, 15) is 13.6 Å². The summed E-state index contributed by atoms with van der Waals surface area (Å²) >= 11 is 1.14. The summed E-state index contributed by atoms with van der Waals surface area (Å²) in [6.07, 6.45) is 0. The highest BCUT2D eigenvalue weighted by Gasteiger charge is 2.26. The third-order valence-corrected chi connectivity index (χ3v) is 5.01. The van der Waals surface area contributed by atoms with Crippen molar-refractivity contribution in [2.24, 2.45) is 0 Å². The van der Waals surface area contributed by atoms with Gasteiger partial charge in [0.25, 0.3) is 5.91 Å². The van der Waals surface area contributed by atoms with Gasteiger partial charge in [0.2, 0.25) is 5.89 Å². The first kappa shape index (κ1) is 18.9. The lowest BCUT2D eigenvalue weighted by Crippen LogP contribution is -2.31. The number of amides is 1. The summed E-state index contributed by atoms with van der Waals surface area (Å²) < 4.78 is 33.3. The number of hydrogen-bond acceptors (Lipinski definition) is 6. The van der Waals surface area contributed by atoms with Gasteiger partial charge in [-0.2, -0.15) is 4.98 Å². The maximum atomic E-state index is 14.4. The molecule has 0 aliphatic heterocycles. The van der Waals surface area contributed by atoms with Crippen LogP contribution in [0.3, 0.4) is 0 Å². The summed E-state index contributed by atoms with van der Waals surface area (Å²) in [5, 5.41) is 8.37. The van der Waals surface area contributed by atoms with Crippen molar-refractivity contribution in [2.75, 3.05) is 0 Å². The molecular weight excluding hydrogens is 398 g/mol. The molecule has 0 saturated carbocycles. The van der Waals surface area contributed by atoms with E-state index < -0.39 is 23.6 Å². The zero-order valence-corrected chi connectivity index (χ0v) is 15.9. The molecule has 9 heteroatoms. The fourth-order valence-corrected chi connectivity index (χ4v) is 3.59. The van der Waals surface area contributed by atoms with Gasteiger partial charge in [0.05, 0.1) is 0 Å². The second kappa shape index (κ2) is 7.88. The molecular formula is C20H14F2N4O2S. The van der Waals surface area contributed by atoms with E-state index in [1.54, 1.807) is 37.3 Å². The highest BCUT2D eigenvalue weighted by Crippen LogP contribution is 2.27. The molecule has 1 amide bonds. The highest BCUT2D eigenvalue weighted by molar-refractivity contribution is 7.13. The fourth-order valence-electron chi connectivity index (χ4n) is 2.76. The number of nitrogens with zero attached hydrogens (tertiary/aromatic N) is 3. The van der Waals surface area contributed by atoms with Crippen molar-refractivity contribution in [3.8, 4) is 10.6 Å². The van der Waals surface area contributed by atoms with Crippen molar-refractivity contribution in [1.29, 1.82) is 0 Å². The number of hydrogen-bond donors (Lipinski definition) is 1. The maximum absolute atomic E-state index is 14.4. The fraction of sp³-hybridized carbons (Fsp3) is 0.100. The van der Waals surface area contributed by atoms with Crippen molar-refractivity contribution in [1.82, 2.24) is 20.4 Å². The summed E-state index contributed by atoms with van der Waals surface area (Å²) in [7, 11) is 0. The van der Waals surface area contributed by atoms with Crippen LogP contribution in [0.2, 0.25) is 0 Å². The molecule has 2 aromatic carbocycles. The van der Waals surface area contributed by atoms with Crippen LogP contribution in [0, 0.1) is 18.6 Å². The van der Waals surface area contributed by atoms with Crippen molar-refractivity contribution in [2.45, 2.75) is 13.0 Å². The lowest BCUT2D eigenvalue weighted by Gasteiger charge is -2.15. The van der Waals surface area contributed by atoms with E-state index in [2.05, 4.69) is 20.4 Å². The molecule has 0 unspecified atom stereocenters. The Morgan fingerprint density at radius 2 is 1.79 bits per heavy atom. The topological polar surface area (TPSA) is 80.9 Å². The predicted octanol–water partition coefficient (Wildman–Crippen LogP) is 4.30. The van der Waals surface area contributed by atoms with Gasteiger partial charge >= 0.3 is 0 Å². The van der Waals surface area contributed by atoms with E-state index in [4.69, 9.17) is 4.52 Å². The van der Waals surface area contributed by atoms with E-state index in [-0.39, 0.29) is 23.0 Å². The molecule has 2 aromatic heterocycles. The zero-order chi connectivity index (χ0) is 20.4. The summed E-state index contributed by atoms with van der Waals surface area (Å²) in [4.78, 5) is 21.1. The van der Waals surface area contributed by atoms with Gasteiger partial charge in [0.15, 0.2) is 5.82 Å². The number of carbonyl (C=O) groups excluding carboxylic acids is 1. The third kappa shape index (κ3) is 3.90. The summed E-state index contributed by atoms with van der Waals surface area (Å²) in [5.41, 5.74) is 0.567. The molecule has 4 aromatic rings. The Balaban J connectivity index is 1.64. The van der Waals surface area contributed by atoms with Gasteiger partial charge in [0.1, 0.15) is 28.4 Å². The van der Waals surface area contributed by atoms with Crippen LogP contribution in [0.4, 0.5) is 8.78 Å². The largest absolute Gasteiger partial charge is 0.340 e. The van der Waals surface area contributed by atoms with Gasteiger partial charge in [0, 0.05) is 23.4 Å². The second-order valence-electron chi connectivity index (χ2n) is 6.12. The first-order valence-electron chi connectivity index (χ1n) is 8.59. The van der Waals surface area contributed by atoms with Gasteiger partial charge in [-0.05, 0) is 18.2 Å². The van der Waals surface area contributed by atoms with E-state index in [1.807, 2.05) is 0 Å². The molecule has 0 saturated heterocycles. The number of carbonyl (C=O) groups is 1. The molecule has 146 valence electrons. The second-order valence-corrected chi connectivity index (χ2v) is 6.98. The number of rotatable bonds is 5. The molecule has 0 bridgehead atoms. The van der Waals surface area contributed by atoms with Crippen LogP contribution in [0.1, 0.15) is 33.8 Å². The molecule has 6 nitrogen and oxygen atoms in total. The molecule has 4 rings (SSSR count). The van der Waals surface area contributed by atoms with Crippen LogP contribution in [-0.2, 0) is 0 Å². The Kier molecular flexibility index (Phi) is 5.13. The first-order valence-corrected chi connectivity index (χ1v) is 9.47. The van der Waals surface area contributed by atoms with Gasteiger partial charge < -0.3 is 9.84 Å². The Labute approximate surface area is 168 Å². The van der Waals surface area contributed by atoms with Crippen LogP contribution >= 0.6 is 11.3 Å². The average molecular weight is 412 g/mol. The minimum Gasteiger partial charge on any atom is -0.340 e. The summed E-state index contributed by atoms with van der Waals surface area (Å²) in [6, 6.07) is 11.2. The zero-order valence-electron chi connectivity index (χ0n) is 15.1. The van der Waals surface area contributed by atoms with E-state index in [1.165, 1.54) is 23.6 Å². The van der Waals surface area contributed by atoms with Crippen LogP contribution in [0.5, 0.6) is 0 Å². The van der Waals surface area contributed by atoms with Crippen molar-refractivity contribution >= 4 is 17.2 Å². The quantitative estimate of drug-likeness (QED) is 0.529. The third-order valence-electron chi connectivity index (χ3n) is 4.13. The Bertz CT molecular complexity index is 1170. The Hall–Kier alpha value is -3.46. The monoisotopic (exact) mass is 412 g/mol. The normalized spacial score (nSPS) is 12.0. The molecule has 1 atom stereocenters. The number of benzene rings is 2. The minimum absolute atomic E-state index is 0.0785. The predicted molar refractivity (Wildman–Crippen MR) is 102 cm³/mol. The molecule has 29 heavy (non-hydrogen) atoms. The average Bonchev–Trinajstić information content (AvgIpc) is 3.36. The smallest absolute Gasteiger partial charge is 0.271 e. The lowest BCUT2D eigenvalue weighted by atomic mass is 10.1. The lowest BCUT2D eigenvalue weighted by molar-refractivity contribution is 0.0936. The van der Waals surface area contributed by atoms with Gasteiger partial charge in [-0.3, -0.25) is 4.79 Å². The van der Waals surface area contributed by atoms with E-state index >= 15 is 0 Å². The van der Waals surface area contributed by atoms with Gasteiger partial charge in [-0.1, -0.05) is 35.5 Å². The number of aryl methyl sites for hydroxylation is 1. The van der Waals surface area contributed by atoms with E-state index in [0.29, 0.717) is 10.6 Å². The summed E-state index contributed by atoms with van der Waals surface area (Å²) in [6.45, 7) is 1.60. The Morgan fingerprint density at radius 1 is 1.07 bits per heavy atom.